The molecule has 1 saturated carbocycles. The van der Waals surface area contributed by atoms with Crippen LogP contribution in [0.25, 0.3) is 0 Å². The van der Waals surface area contributed by atoms with Gasteiger partial charge < -0.3 is 9.84 Å². The highest BCUT2D eigenvalue weighted by molar-refractivity contribution is 5.79. The molecule has 3 unspecified atom stereocenters. The monoisotopic (exact) mass is 229 g/mol. The molecule has 1 aliphatic carbocycles. The van der Waals surface area contributed by atoms with E-state index in [0.29, 0.717) is 31.4 Å². The minimum absolute atomic E-state index is 0.458. The normalized spacial score (nSPS) is 34.9. The maximum atomic E-state index is 11.4. The number of aliphatic carboxylic acids is 1. The highest BCUT2D eigenvalue weighted by Gasteiger charge is 2.43. The van der Waals surface area contributed by atoms with Crippen LogP contribution in [0.4, 0.5) is 0 Å². The van der Waals surface area contributed by atoms with Crippen LogP contribution in [-0.4, -0.2) is 36.9 Å². The Bertz CT molecular complexity index is 244. The third-order valence-corrected chi connectivity index (χ3v) is 3.85. The van der Waals surface area contributed by atoms with Crippen LogP contribution in [0, 0.1) is 11.8 Å². The lowest BCUT2D eigenvalue weighted by molar-refractivity contribution is -0.147. The van der Waals surface area contributed by atoms with Crippen LogP contribution < -0.4 is 5.32 Å². The van der Waals surface area contributed by atoms with Crippen molar-refractivity contribution in [3.63, 3.8) is 0 Å². The highest BCUT2D eigenvalue weighted by atomic mass is 16.5. The third-order valence-electron chi connectivity index (χ3n) is 3.85. The molecule has 3 atom stereocenters. The molecule has 16 heavy (non-hydrogen) atoms. The van der Waals surface area contributed by atoms with Crippen molar-refractivity contribution < 1.29 is 14.6 Å². The van der Waals surface area contributed by atoms with Crippen LogP contribution >= 0.6 is 0 Å². The predicted octanol–water partition coefficient (Wildman–Crippen LogP) is 1.50. The fraction of sp³-hybridized carbons (Fsp3) is 0.917. The number of carboxylic acid groups (broad SMARTS) is 1. The number of hydrogen-bond donors (Lipinski definition) is 2. The second-order valence-corrected chi connectivity index (χ2v) is 5.00. The molecule has 0 spiro atoms. The number of rotatable bonds is 5. The standard InChI is InChI=1S/C12H23NO3/c1-9-4-5-12(11(14)15,8-10(9)2)13-6-7-16-3/h9-10,13H,4-8H2,1-3H3,(H,14,15). The molecule has 0 aromatic heterocycles. The first-order valence-electron chi connectivity index (χ1n) is 5.99. The lowest BCUT2D eigenvalue weighted by Crippen LogP contribution is -2.56. The van der Waals surface area contributed by atoms with Gasteiger partial charge in [0.2, 0.25) is 0 Å². The molecule has 1 aliphatic rings. The molecule has 4 nitrogen and oxygen atoms in total. The summed E-state index contributed by atoms with van der Waals surface area (Å²) >= 11 is 0. The van der Waals surface area contributed by atoms with Crippen LogP contribution in [0.5, 0.6) is 0 Å². The number of ether oxygens (including phenoxy) is 1. The number of carboxylic acids is 1. The van der Waals surface area contributed by atoms with Crippen molar-refractivity contribution >= 4 is 5.97 Å². The zero-order valence-electron chi connectivity index (χ0n) is 10.5. The van der Waals surface area contributed by atoms with E-state index in [-0.39, 0.29) is 0 Å². The summed E-state index contributed by atoms with van der Waals surface area (Å²) in [5.41, 5.74) is -0.732. The Morgan fingerprint density at radius 1 is 1.50 bits per heavy atom. The summed E-state index contributed by atoms with van der Waals surface area (Å²) in [5.74, 6) is 0.360. The minimum Gasteiger partial charge on any atom is -0.480 e. The summed E-state index contributed by atoms with van der Waals surface area (Å²) in [6.07, 6.45) is 2.41. The summed E-state index contributed by atoms with van der Waals surface area (Å²) in [6.45, 7) is 5.49. The van der Waals surface area contributed by atoms with Gasteiger partial charge in [-0.3, -0.25) is 10.1 Å². The van der Waals surface area contributed by atoms with Crippen LogP contribution in [0.3, 0.4) is 0 Å². The van der Waals surface area contributed by atoms with Gasteiger partial charge >= 0.3 is 5.97 Å². The Morgan fingerprint density at radius 2 is 2.19 bits per heavy atom. The largest absolute Gasteiger partial charge is 0.480 e. The molecule has 0 radical (unpaired) electrons. The van der Waals surface area contributed by atoms with Crippen LogP contribution in [-0.2, 0) is 9.53 Å². The molecular weight excluding hydrogens is 206 g/mol. The molecule has 0 aliphatic heterocycles. The number of methoxy groups -OCH3 is 1. The van der Waals surface area contributed by atoms with Crippen molar-refractivity contribution in [3.05, 3.63) is 0 Å². The smallest absolute Gasteiger partial charge is 0.323 e. The molecule has 1 fully saturated rings. The van der Waals surface area contributed by atoms with Gasteiger partial charge in [-0.2, -0.15) is 0 Å². The zero-order chi connectivity index (χ0) is 12.2. The molecule has 1 rings (SSSR count). The second kappa shape index (κ2) is 5.64. The number of nitrogens with one attached hydrogen (secondary N) is 1. The average molecular weight is 229 g/mol. The molecule has 0 amide bonds. The van der Waals surface area contributed by atoms with Gasteiger partial charge in [-0.15, -0.1) is 0 Å². The van der Waals surface area contributed by atoms with Crippen molar-refractivity contribution in [1.82, 2.24) is 5.32 Å². The fourth-order valence-corrected chi connectivity index (χ4v) is 2.43. The third kappa shape index (κ3) is 2.95. The van der Waals surface area contributed by atoms with Crippen molar-refractivity contribution in [2.24, 2.45) is 11.8 Å². The van der Waals surface area contributed by atoms with E-state index >= 15 is 0 Å². The minimum atomic E-state index is -0.732. The Hall–Kier alpha value is -0.610. The van der Waals surface area contributed by atoms with E-state index in [1.54, 1.807) is 7.11 Å². The van der Waals surface area contributed by atoms with Crippen molar-refractivity contribution in [3.8, 4) is 0 Å². The molecule has 94 valence electrons. The van der Waals surface area contributed by atoms with E-state index in [1.807, 2.05) is 0 Å². The van der Waals surface area contributed by atoms with Crippen LogP contribution in [0.2, 0.25) is 0 Å². The lowest BCUT2D eigenvalue weighted by Gasteiger charge is -2.40. The van der Waals surface area contributed by atoms with E-state index in [4.69, 9.17) is 4.74 Å². The lowest BCUT2D eigenvalue weighted by atomic mass is 9.71. The zero-order valence-corrected chi connectivity index (χ0v) is 10.5. The summed E-state index contributed by atoms with van der Waals surface area (Å²) in [7, 11) is 1.63. The van der Waals surface area contributed by atoms with Crippen molar-refractivity contribution in [2.45, 2.75) is 38.6 Å². The van der Waals surface area contributed by atoms with E-state index in [1.165, 1.54) is 0 Å². The predicted molar refractivity (Wildman–Crippen MR) is 62.4 cm³/mol. The maximum Gasteiger partial charge on any atom is 0.323 e. The summed E-state index contributed by atoms with van der Waals surface area (Å²) in [6, 6.07) is 0. The average Bonchev–Trinajstić information content (AvgIpc) is 2.23. The van der Waals surface area contributed by atoms with Gasteiger partial charge in [-0.1, -0.05) is 13.8 Å². The molecule has 0 bridgehead atoms. The van der Waals surface area contributed by atoms with Gasteiger partial charge in [0.25, 0.3) is 0 Å². The molecule has 4 heteroatoms. The molecule has 0 heterocycles. The van der Waals surface area contributed by atoms with Crippen LogP contribution in [0.1, 0.15) is 33.1 Å². The quantitative estimate of drug-likeness (QED) is 0.701. The number of hydrogen-bond acceptors (Lipinski definition) is 3. The Labute approximate surface area is 97.4 Å². The maximum absolute atomic E-state index is 11.4. The Balaban J connectivity index is 2.62. The fourth-order valence-electron chi connectivity index (χ4n) is 2.43. The van der Waals surface area contributed by atoms with E-state index in [0.717, 1.165) is 12.8 Å². The molecular formula is C12H23NO3. The van der Waals surface area contributed by atoms with Gasteiger partial charge in [0.15, 0.2) is 0 Å². The van der Waals surface area contributed by atoms with Crippen molar-refractivity contribution in [2.75, 3.05) is 20.3 Å². The van der Waals surface area contributed by atoms with Gasteiger partial charge in [0.1, 0.15) is 5.54 Å². The van der Waals surface area contributed by atoms with E-state index in [2.05, 4.69) is 19.2 Å². The van der Waals surface area contributed by atoms with Gasteiger partial charge in [-0.05, 0) is 31.1 Å². The molecule has 0 saturated heterocycles. The first kappa shape index (κ1) is 13.5. The molecule has 0 aromatic rings. The SMILES string of the molecule is COCCNC1(C(=O)O)CCC(C)C(C)C1. The number of carbonyl (C=O) groups is 1. The van der Waals surface area contributed by atoms with Crippen molar-refractivity contribution in [1.29, 1.82) is 0 Å². The second-order valence-electron chi connectivity index (χ2n) is 5.00. The summed E-state index contributed by atoms with van der Waals surface area (Å²) < 4.78 is 4.95. The van der Waals surface area contributed by atoms with Gasteiger partial charge in [0, 0.05) is 13.7 Å². The topological polar surface area (TPSA) is 58.6 Å². The van der Waals surface area contributed by atoms with Crippen LogP contribution in [0.15, 0.2) is 0 Å². The first-order chi connectivity index (χ1) is 7.52. The first-order valence-corrected chi connectivity index (χ1v) is 5.99. The van der Waals surface area contributed by atoms with Gasteiger partial charge in [0.05, 0.1) is 6.61 Å². The molecule has 2 N–H and O–H groups in total. The van der Waals surface area contributed by atoms with E-state index < -0.39 is 11.5 Å². The Morgan fingerprint density at radius 3 is 2.69 bits per heavy atom. The highest BCUT2D eigenvalue weighted by Crippen LogP contribution is 2.36. The van der Waals surface area contributed by atoms with E-state index in [9.17, 15) is 9.90 Å². The van der Waals surface area contributed by atoms with Gasteiger partial charge in [-0.25, -0.2) is 0 Å². The Kier molecular flexibility index (Phi) is 4.74. The summed E-state index contributed by atoms with van der Waals surface area (Å²) in [4.78, 5) is 11.4. The molecule has 0 aromatic carbocycles. The summed E-state index contributed by atoms with van der Waals surface area (Å²) in [5, 5.41) is 12.6.